The van der Waals surface area contributed by atoms with Crippen LogP contribution in [0.1, 0.15) is 48.0 Å². The molecule has 0 saturated heterocycles. The van der Waals surface area contributed by atoms with Crippen molar-refractivity contribution in [1.29, 1.82) is 0 Å². The minimum atomic E-state index is -0.352. The van der Waals surface area contributed by atoms with Crippen LogP contribution in [0, 0.1) is 6.92 Å². The van der Waals surface area contributed by atoms with Gasteiger partial charge in [-0.3, -0.25) is 10.1 Å². The fraction of sp³-hybridized carbons (Fsp3) is 0.360. The number of benzene rings is 2. The van der Waals surface area contributed by atoms with Gasteiger partial charge in [-0.05, 0) is 73.6 Å². The Bertz CT molecular complexity index is 1050. The molecular formula is C25H29N3O2. The molecule has 5 nitrogen and oxygen atoms in total. The summed E-state index contributed by atoms with van der Waals surface area (Å²) in [6.07, 6.45) is 7.42. The first-order chi connectivity index (χ1) is 14.5. The summed E-state index contributed by atoms with van der Waals surface area (Å²) in [5.41, 5.74) is 4.92. The molecule has 156 valence electrons. The van der Waals surface area contributed by atoms with E-state index in [0.29, 0.717) is 18.5 Å². The van der Waals surface area contributed by atoms with Crippen LogP contribution in [0.3, 0.4) is 0 Å². The Morgan fingerprint density at radius 3 is 2.53 bits per heavy atom. The largest absolute Gasteiger partial charge is 0.361 e. The molecule has 1 heterocycles. The van der Waals surface area contributed by atoms with Crippen molar-refractivity contribution in [2.75, 3.05) is 13.6 Å². The third-order valence-electron chi connectivity index (χ3n) is 6.45. The van der Waals surface area contributed by atoms with Crippen LogP contribution in [-0.4, -0.2) is 41.3 Å². The number of aryl methyl sites for hydroxylation is 1. The van der Waals surface area contributed by atoms with Crippen LogP contribution in [0.4, 0.5) is 0 Å². The number of nitrogens with one attached hydrogen (secondary N) is 2. The number of rotatable bonds is 7. The van der Waals surface area contributed by atoms with E-state index in [0.717, 1.165) is 48.6 Å². The van der Waals surface area contributed by atoms with Gasteiger partial charge in [0.05, 0.1) is 5.66 Å². The lowest BCUT2D eigenvalue weighted by Crippen LogP contribution is -2.57. The molecule has 2 aromatic carbocycles. The van der Waals surface area contributed by atoms with Crippen molar-refractivity contribution in [3.8, 4) is 11.1 Å². The first kappa shape index (κ1) is 20.4. The highest BCUT2D eigenvalue weighted by Crippen LogP contribution is 2.33. The predicted octanol–water partition coefficient (Wildman–Crippen LogP) is 4.66. The van der Waals surface area contributed by atoms with Gasteiger partial charge < -0.3 is 14.7 Å². The number of nitrogens with zero attached hydrogens (tertiary/aromatic N) is 1. The highest BCUT2D eigenvalue weighted by Gasteiger charge is 2.39. The average molecular weight is 404 g/mol. The molecule has 0 radical (unpaired) electrons. The van der Waals surface area contributed by atoms with Gasteiger partial charge in [0.15, 0.2) is 0 Å². The van der Waals surface area contributed by atoms with Crippen LogP contribution in [0.15, 0.2) is 48.7 Å². The van der Waals surface area contributed by atoms with Crippen molar-refractivity contribution >= 4 is 23.1 Å². The molecule has 5 heteroatoms. The summed E-state index contributed by atoms with van der Waals surface area (Å²) in [7, 11) is 1.87. The summed E-state index contributed by atoms with van der Waals surface area (Å²) < 4.78 is 0. The van der Waals surface area contributed by atoms with Crippen LogP contribution in [-0.2, 0) is 4.79 Å². The molecule has 4 rings (SSSR count). The molecule has 1 aromatic heterocycles. The molecule has 0 bridgehead atoms. The first-order valence-corrected chi connectivity index (χ1v) is 10.7. The van der Waals surface area contributed by atoms with E-state index in [-0.39, 0.29) is 11.6 Å². The normalized spacial score (nSPS) is 15.4. The van der Waals surface area contributed by atoms with Gasteiger partial charge >= 0.3 is 0 Å². The monoisotopic (exact) mass is 403 g/mol. The summed E-state index contributed by atoms with van der Waals surface area (Å²) in [5.74, 6) is 0.0129. The summed E-state index contributed by atoms with van der Waals surface area (Å²) in [6.45, 7) is 2.70. The second kappa shape index (κ2) is 8.44. The molecule has 0 atom stereocenters. The van der Waals surface area contributed by atoms with Crippen molar-refractivity contribution in [3.63, 3.8) is 0 Å². The predicted molar refractivity (Wildman–Crippen MR) is 120 cm³/mol. The minimum absolute atomic E-state index is 0.0129. The van der Waals surface area contributed by atoms with Gasteiger partial charge in [-0.1, -0.05) is 18.2 Å². The second-order valence-corrected chi connectivity index (χ2v) is 8.29. The number of fused-ring (bicyclic) bond motifs is 1. The van der Waals surface area contributed by atoms with Gasteiger partial charge in [0.25, 0.3) is 5.91 Å². The van der Waals surface area contributed by atoms with E-state index in [4.69, 9.17) is 0 Å². The zero-order valence-corrected chi connectivity index (χ0v) is 17.7. The standard InChI is InChI=1S/C25H29N3O2/c1-18-17-26-23-11-10-21(16-22(18)23)19-6-8-20(9-7-19)24(30)28(2)25(12-3-4-13-25)27-14-5-15-29/h6-11,15-17,26-27H,3-5,12-14H2,1-2H3. The van der Waals surface area contributed by atoms with Crippen LogP contribution < -0.4 is 5.32 Å². The summed E-state index contributed by atoms with van der Waals surface area (Å²) in [6, 6.07) is 14.3. The maximum atomic E-state index is 13.2. The maximum Gasteiger partial charge on any atom is 0.255 e. The number of aromatic amines is 1. The summed E-state index contributed by atoms with van der Waals surface area (Å²) >= 11 is 0. The Morgan fingerprint density at radius 2 is 1.83 bits per heavy atom. The van der Waals surface area contributed by atoms with E-state index < -0.39 is 0 Å². The lowest BCUT2D eigenvalue weighted by Gasteiger charge is -2.40. The molecule has 0 aliphatic heterocycles. The molecule has 2 N–H and O–H groups in total. The molecule has 30 heavy (non-hydrogen) atoms. The maximum absolute atomic E-state index is 13.2. The highest BCUT2D eigenvalue weighted by molar-refractivity contribution is 5.95. The van der Waals surface area contributed by atoms with E-state index >= 15 is 0 Å². The molecule has 3 aromatic rings. The number of aromatic nitrogens is 1. The number of carbonyl (C=O) groups excluding carboxylic acids is 2. The number of amides is 1. The third kappa shape index (κ3) is 3.77. The van der Waals surface area contributed by atoms with Crippen molar-refractivity contribution < 1.29 is 9.59 Å². The number of H-pyrrole nitrogens is 1. The zero-order chi connectivity index (χ0) is 21.1. The average Bonchev–Trinajstić information content (AvgIpc) is 3.40. The van der Waals surface area contributed by atoms with Crippen molar-refractivity contribution in [2.24, 2.45) is 0 Å². The van der Waals surface area contributed by atoms with Crippen LogP contribution in [0.25, 0.3) is 22.0 Å². The minimum Gasteiger partial charge on any atom is -0.361 e. The second-order valence-electron chi connectivity index (χ2n) is 8.29. The van der Waals surface area contributed by atoms with E-state index in [1.807, 2.05) is 42.4 Å². The lowest BCUT2D eigenvalue weighted by atomic mass is 10.0. The van der Waals surface area contributed by atoms with Gasteiger partial charge in [0.2, 0.25) is 0 Å². The number of carbonyl (C=O) groups is 2. The molecular weight excluding hydrogens is 374 g/mol. The summed E-state index contributed by atoms with van der Waals surface area (Å²) in [4.78, 5) is 29.0. The van der Waals surface area contributed by atoms with Gasteiger partial charge in [0, 0.05) is 42.7 Å². The van der Waals surface area contributed by atoms with Crippen molar-refractivity contribution in [1.82, 2.24) is 15.2 Å². The topological polar surface area (TPSA) is 65.2 Å². The van der Waals surface area contributed by atoms with Gasteiger partial charge in [-0.15, -0.1) is 0 Å². The van der Waals surface area contributed by atoms with E-state index in [2.05, 4.69) is 35.4 Å². The quantitative estimate of drug-likeness (QED) is 0.342. The molecule has 1 amide bonds. The molecule has 0 spiro atoms. The van der Waals surface area contributed by atoms with E-state index in [1.54, 1.807) is 0 Å². The zero-order valence-electron chi connectivity index (χ0n) is 17.7. The molecule has 1 fully saturated rings. The first-order valence-electron chi connectivity index (χ1n) is 10.7. The number of hydrogen-bond acceptors (Lipinski definition) is 3. The van der Waals surface area contributed by atoms with Crippen LogP contribution >= 0.6 is 0 Å². The van der Waals surface area contributed by atoms with Crippen molar-refractivity contribution in [2.45, 2.75) is 44.7 Å². The van der Waals surface area contributed by atoms with Gasteiger partial charge in [-0.25, -0.2) is 0 Å². The fourth-order valence-electron chi connectivity index (χ4n) is 4.59. The summed E-state index contributed by atoms with van der Waals surface area (Å²) in [5, 5.41) is 4.69. The molecule has 1 aliphatic rings. The molecule has 1 aliphatic carbocycles. The molecule has 1 saturated carbocycles. The Hall–Kier alpha value is -2.92. The Kier molecular flexibility index (Phi) is 5.73. The van der Waals surface area contributed by atoms with Gasteiger partial charge in [0.1, 0.15) is 6.29 Å². The Morgan fingerprint density at radius 1 is 1.13 bits per heavy atom. The van der Waals surface area contributed by atoms with Crippen LogP contribution in [0.2, 0.25) is 0 Å². The SMILES string of the molecule is Cc1c[nH]c2ccc(-c3ccc(C(=O)N(C)C4(NCCC=O)CCCC4)cc3)cc12. The lowest BCUT2D eigenvalue weighted by molar-refractivity contribution is -0.107. The fourth-order valence-corrected chi connectivity index (χ4v) is 4.59. The molecule has 0 unspecified atom stereocenters. The van der Waals surface area contributed by atoms with E-state index in [9.17, 15) is 9.59 Å². The number of hydrogen-bond donors (Lipinski definition) is 2. The van der Waals surface area contributed by atoms with Crippen molar-refractivity contribution in [3.05, 3.63) is 59.8 Å². The van der Waals surface area contributed by atoms with E-state index in [1.165, 1.54) is 10.9 Å². The highest BCUT2D eigenvalue weighted by atomic mass is 16.2. The smallest absolute Gasteiger partial charge is 0.255 e. The Labute approximate surface area is 177 Å². The Balaban J connectivity index is 1.54. The number of aldehydes is 1. The third-order valence-corrected chi connectivity index (χ3v) is 6.45. The van der Waals surface area contributed by atoms with Crippen LogP contribution in [0.5, 0.6) is 0 Å². The van der Waals surface area contributed by atoms with Gasteiger partial charge in [-0.2, -0.15) is 0 Å².